The maximum atomic E-state index is 9.89. The van der Waals surface area contributed by atoms with E-state index in [1.165, 1.54) is 0 Å². The molecular weight excluding hydrogens is 128 g/mol. The van der Waals surface area contributed by atoms with E-state index in [0.717, 1.165) is 0 Å². The van der Waals surface area contributed by atoms with Crippen molar-refractivity contribution >= 4 is 17.9 Å². The van der Waals surface area contributed by atoms with Crippen molar-refractivity contribution in [2.45, 2.75) is 13.0 Å². The summed E-state index contributed by atoms with van der Waals surface area (Å²) in [5, 5.41) is 8.76. The number of carbonyl (C=O) groups is 1. The van der Waals surface area contributed by atoms with Gasteiger partial charge in [0.25, 0.3) is 0 Å². The fourth-order valence-corrected chi connectivity index (χ4v) is 0.512. The molecule has 3 heteroatoms. The quantitative estimate of drug-likeness (QED) is 0.451. The first kappa shape index (κ1) is 7.92. The molecule has 0 spiro atoms. The molecule has 0 heterocycles. The van der Waals surface area contributed by atoms with Crippen molar-refractivity contribution in [3.63, 3.8) is 0 Å². The molecule has 0 rings (SSSR count). The fraction of sp³-hybridized carbons (Fsp3) is 0.800. The van der Waals surface area contributed by atoms with E-state index >= 15 is 0 Å². The number of rotatable bonds is 3. The molecule has 0 amide bonds. The van der Waals surface area contributed by atoms with Crippen molar-refractivity contribution in [2.75, 3.05) is 5.88 Å². The molecule has 1 unspecified atom stereocenters. The van der Waals surface area contributed by atoms with Gasteiger partial charge >= 0.3 is 0 Å². The maximum absolute atomic E-state index is 9.89. The number of hydrogen-bond acceptors (Lipinski definition) is 2. The summed E-state index contributed by atoms with van der Waals surface area (Å²) in [6.45, 7) is 1.63. The van der Waals surface area contributed by atoms with Crippen LogP contribution in [0.5, 0.6) is 0 Å². The van der Waals surface area contributed by atoms with Gasteiger partial charge in [0, 0.05) is 11.8 Å². The monoisotopic (exact) mass is 136 g/mol. The van der Waals surface area contributed by atoms with E-state index in [1.54, 1.807) is 6.92 Å². The third kappa shape index (κ3) is 2.28. The Hall–Kier alpha value is -0.0800. The van der Waals surface area contributed by atoms with Crippen LogP contribution in [0.4, 0.5) is 0 Å². The third-order valence-electron chi connectivity index (χ3n) is 0.980. The SMILES string of the molecule is CC(C=O)[C@H](O)CCl. The van der Waals surface area contributed by atoms with Gasteiger partial charge in [0.2, 0.25) is 0 Å². The number of aliphatic hydroxyl groups excluding tert-OH is 1. The van der Waals surface area contributed by atoms with Gasteiger partial charge in [-0.05, 0) is 0 Å². The standard InChI is InChI=1S/C5H9ClO2/c1-4(3-7)5(8)2-6/h3-5,8H,2H2,1H3/t4?,5-/m1/s1. The normalized spacial score (nSPS) is 17.4. The van der Waals surface area contributed by atoms with Crippen LogP contribution in [0.15, 0.2) is 0 Å². The first-order chi connectivity index (χ1) is 3.72. The van der Waals surface area contributed by atoms with Crippen molar-refractivity contribution in [3.05, 3.63) is 0 Å². The molecular formula is C5H9ClO2. The molecule has 48 valence electrons. The summed E-state index contributed by atoms with van der Waals surface area (Å²) in [5.41, 5.74) is 0. The summed E-state index contributed by atoms with van der Waals surface area (Å²) in [7, 11) is 0. The molecule has 0 fully saturated rings. The highest BCUT2D eigenvalue weighted by Crippen LogP contribution is 1.99. The van der Waals surface area contributed by atoms with Crippen LogP contribution in [0.1, 0.15) is 6.92 Å². The Kier molecular flexibility index (Phi) is 3.83. The van der Waals surface area contributed by atoms with E-state index in [4.69, 9.17) is 16.7 Å². The lowest BCUT2D eigenvalue weighted by Crippen LogP contribution is -2.19. The Morgan fingerprint density at radius 1 is 1.88 bits per heavy atom. The zero-order chi connectivity index (χ0) is 6.57. The Bertz CT molecular complexity index is 74.8. The molecule has 2 atom stereocenters. The fourth-order valence-electron chi connectivity index (χ4n) is 0.231. The van der Waals surface area contributed by atoms with Crippen LogP contribution in [0.2, 0.25) is 0 Å². The van der Waals surface area contributed by atoms with Gasteiger partial charge in [-0.15, -0.1) is 11.6 Å². The molecule has 0 aromatic heterocycles. The largest absolute Gasteiger partial charge is 0.391 e. The van der Waals surface area contributed by atoms with Gasteiger partial charge < -0.3 is 9.90 Å². The zero-order valence-corrected chi connectivity index (χ0v) is 5.43. The van der Waals surface area contributed by atoms with Crippen LogP contribution < -0.4 is 0 Å². The van der Waals surface area contributed by atoms with Gasteiger partial charge in [-0.3, -0.25) is 0 Å². The molecule has 0 saturated heterocycles. The molecule has 0 aliphatic rings. The van der Waals surface area contributed by atoms with Crippen LogP contribution in [-0.2, 0) is 4.79 Å². The second-order valence-corrected chi connectivity index (χ2v) is 2.03. The molecule has 0 radical (unpaired) electrons. The smallest absolute Gasteiger partial charge is 0.125 e. The average Bonchev–Trinajstić information content (AvgIpc) is 1.84. The van der Waals surface area contributed by atoms with Crippen LogP contribution >= 0.6 is 11.6 Å². The summed E-state index contributed by atoms with van der Waals surface area (Å²) >= 11 is 5.22. The van der Waals surface area contributed by atoms with Crippen LogP contribution in [-0.4, -0.2) is 23.4 Å². The number of alkyl halides is 1. The molecule has 8 heavy (non-hydrogen) atoms. The van der Waals surface area contributed by atoms with Crippen molar-refractivity contribution in [3.8, 4) is 0 Å². The van der Waals surface area contributed by atoms with E-state index in [9.17, 15) is 4.79 Å². The van der Waals surface area contributed by atoms with Gasteiger partial charge in [0.15, 0.2) is 0 Å². The third-order valence-corrected chi connectivity index (χ3v) is 1.30. The van der Waals surface area contributed by atoms with Crippen molar-refractivity contribution < 1.29 is 9.90 Å². The number of hydrogen-bond donors (Lipinski definition) is 1. The van der Waals surface area contributed by atoms with E-state index < -0.39 is 6.10 Å². The maximum Gasteiger partial charge on any atom is 0.125 e. The van der Waals surface area contributed by atoms with Crippen molar-refractivity contribution in [2.24, 2.45) is 5.92 Å². The minimum Gasteiger partial charge on any atom is -0.391 e. The second-order valence-electron chi connectivity index (χ2n) is 1.72. The number of halogens is 1. The highest BCUT2D eigenvalue weighted by molar-refractivity contribution is 6.18. The summed E-state index contributed by atoms with van der Waals surface area (Å²) in [6.07, 6.45) is 0.00159. The average molecular weight is 137 g/mol. The lowest BCUT2D eigenvalue weighted by Gasteiger charge is -2.07. The van der Waals surface area contributed by atoms with Crippen molar-refractivity contribution in [1.29, 1.82) is 0 Å². The molecule has 0 aromatic rings. The Balaban J connectivity index is 3.44. The highest BCUT2D eigenvalue weighted by Gasteiger charge is 2.09. The summed E-state index contributed by atoms with van der Waals surface area (Å²) in [6, 6.07) is 0. The molecule has 0 aliphatic carbocycles. The lowest BCUT2D eigenvalue weighted by molar-refractivity contribution is -0.113. The number of carbonyl (C=O) groups excluding carboxylic acids is 1. The number of aldehydes is 1. The highest BCUT2D eigenvalue weighted by atomic mass is 35.5. The minimum atomic E-state index is -0.686. The van der Waals surface area contributed by atoms with E-state index in [2.05, 4.69) is 0 Å². The Labute approximate surface area is 53.5 Å². The first-order valence-electron chi connectivity index (χ1n) is 2.41. The molecule has 0 aliphatic heterocycles. The van der Waals surface area contributed by atoms with Gasteiger partial charge in [0.1, 0.15) is 6.29 Å². The van der Waals surface area contributed by atoms with Crippen LogP contribution in [0, 0.1) is 5.92 Å². The summed E-state index contributed by atoms with van der Waals surface area (Å²) in [5.74, 6) is -0.215. The predicted octanol–water partition coefficient (Wildman–Crippen LogP) is 0.421. The minimum absolute atomic E-state index is 0.125. The lowest BCUT2D eigenvalue weighted by atomic mass is 10.1. The Morgan fingerprint density at radius 2 is 2.38 bits per heavy atom. The molecule has 1 N–H and O–H groups in total. The molecule has 0 saturated carbocycles. The zero-order valence-electron chi connectivity index (χ0n) is 4.67. The second kappa shape index (κ2) is 3.87. The summed E-state index contributed by atoms with van der Waals surface area (Å²) in [4.78, 5) is 9.89. The van der Waals surface area contributed by atoms with Gasteiger partial charge in [-0.25, -0.2) is 0 Å². The van der Waals surface area contributed by atoms with Crippen LogP contribution in [0.25, 0.3) is 0 Å². The summed E-state index contributed by atoms with van der Waals surface area (Å²) < 4.78 is 0. The van der Waals surface area contributed by atoms with Gasteiger partial charge in [0.05, 0.1) is 6.10 Å². The molecule has 0 bridgehead atoms. The molecule has 2 nitrogen and oxygen atoms in total. The van der Waals surface area contributed by atoms with Crippen molar-refractivity contribution in [1.82, 2.24) is 0 Å². The van der Waals surface area contributed by atoms with E-state index in [-0.39, 0.29) is 11.8 Å². The van der Waals surface area contributed by atoms with Gasteiger partial charge in [-0.1, -0.05) is 6.92 Å². The van der Waals surface area contributed by atoms with E-state index in [1.807, 2.05) is 0 Å². The molecule has 0 aromatic carbocycles. The van der Waals surface area contributed by atoms with Crippen LogP contribution in [0.3, 0.4) is 0 Å². The topological polar surface area (TPSA) is 37.3 Å². The van der Waals surface area contributed by atoms with E-state index in [0.29, 0.717) is 6.29 Å². The first-order valence-corrected chi connectivity index (χ1v) is 2.95. The predicted molar refractivity (Wildman–Crippen MR) is 32.0 cm³/mol. The van der Waals surface area contributed by atoms with Gasteiger partial charge in [-0.2, -0.15) is 0 Å². The Morgan fingerprint density at radius 3 is 2.50 bits per heavy atom. The number of aliphatic hydroxyl groups is 1.